The van der Waals surface area contributed by atoms with Crippen molar-refractivity contribution in [2.24, 2.45) is 0 Å². The number of aryl methyl sites for hydroxylation is 1. The summed E-state index contributed by atoms with van der Waals surface area (Å²) in [6.07, 6.45) is 9.48. The Hall–Kier alpha value is -1.88. The maximum atomic E-state index is 12.3. The molecule has 0 aromatic carbocycles. The fourth-order valence-electron chi connectivity index (χ4n) is 2.69. The van der Waals surface area contributed by atoms with Crippen LogP contribution in [-0.4, -0.2) is 17.4 Å². The van der Waals surface area contributed by atoms with Crippen molar-refractivity contribution in [1.82, 2.24) is 10.3 Å². The number of rotatable bonds is 5. The molecule has 0 atom stereocenters. The van der Waals surface area contributed by atoms with Crippen LogP contribution in [0.5, 0.6) is 0 Å². The summed E-state index contributed by atoms with van der Waals surface area (Å²) in [6, 6.07) is 3.98. The van der Waals surface area contributed by atoms with Gasteiger partial charge in [-0.05, 0) is 51.2 Å². The number of allylic oxidation sites excluding steroid dienone is 1. The van der Waals surface area contributed by atoms with Crippen LogP contribution in [0, 0.1) is 6.92 Å². The van der Waals surface area contributed by atoms with Crippen LogP contribution in [0.4, 0.5) is 0 Å². The standard InChI is InChI=1S/C17H20N2O2S/c1-12-7-8-14(22-12)16-15(19-11-21-16)17(20)18-10-9-13-5-3-2-4-6-13/h5,7-8,11H,2-4,6,9-10H2,1H3,(H,18,20). The van der Waals surface area contributed by atoms with E-state index >= 15 is 0 Å². The summed E-state index contributed by atoms with van der Waals surface area (Å²) in [5, 5.41) is 2.95. The lowest BCUT2D eigenvalue weighted by atomic mass is 9.97. The number of thiophene rings is 1. The Morgan fingerprint density at radius 2 is 2.32 bits per heavy atom. The number of nitrogens with one attached hydrogen (secondary N) is 1. The molecule has 0 spiro atoms. The summed E-state index contributed by atoms with van der Waals surface area (Å²) in [5.41, 5.74) is 1.83. The highest BCUT2D eigenvalue weighted by atomic mass is 32.1. The first-order valence-corrected chi connectivity index (χ1v) is 8.52. The van der Waals surface area contributed by atoms with Gasteiger partial charge < -0.3 is 9.73 Å². The Bertz CT molecular complexity index is 684. The van der Waals surface area contributed by atoms with Crippen LogP contribution in [0.2, 0.25) is 0 Å². The highest BCUT2D eigenvalue weighted by molar-refractivity contribution is 7.15. The number of aromatic nitrogens is 1. The Morgan fingerprint density at radius 1 is 1.41 bits per heavy atom. The minimum atomic E-state index is -0.161. The molecule has 0 unspecified atom stereocenters. The van der Waals surface area contributed by atoms with Gasteiger partial charge in [0.1, 0.15) is 0 Å². The highest BCUT2D eigenvalue weighted by Crippen LogP contribution is 2.30. The van der Waals surface area contributed by atoms with Gasteiger partial charge in [0.15, 0.2) is 17.8 Å². The summed E-state index contributed by atoms with van der Waals surface area (Å²) in [7, 11) is 0. The molecule has 0 aliphatic heterocycles. The molecule has 5 heteroatoms. The second kappa shape index (κ2) is 6.92. The maximum absolute atomic E-state index is 12.3. The molecule has 1 aliphatic carbocycles. The molecule has 1 aliphatic rings. The molecule has 3 rings (SSSR count). The van der Waals surface area contributed by atoms with Gasteiger partial charge in [-0.1, -0.05) is 11.6 Å². The van der Waals surface area contributed by atoms with Gasteiger partial charge in [0, 0.05) is 11.4 Å². The lowest BCUT2D eigenvalue weighted by Crippen LogP contribution is -2.25. The van der Waals surface area contributed by atoms with Gasteiger partial charge in [0.25, 0.3) is 5.91 Å². The molecule has 0 saturated heterocycles. The van der Waals surface area contributed by atoms with E-state index in [1.807, 2.05) is 19.1 Å². The van der Waals surface area contributed by atoms with Crippen molar-refractivity contribution in [1.29, 1.82) is 0 Å². The zero-order chi connectivity index (χ0) is 15.4. The minimum absolute atomic E-state index is 0.161. The molecule has 2 heterocycles. The fraction of sp³-hybridized carbons (Fsp3) is 0.412. The molecule has 0 saturated carbocycles. The second-order valence-electron chi connectivity index (χ2n) is 5.55. The van der Waals surface area contributed by atoms with Gasteiger partial charge >= 0.3 is 0 Å². The highest BCUT2D eigenvalue weighted by Gasteiger charge is 2.19. The van der Waals surface area contributed by atoms with E-state index in [9.17, 15) is 4.79 Å². The number of amides is 1. The van der Waals surface area contributed by atoms with Crippen molar-refractivity contribution in [3.8, 4) is 10.6 Å². The molecule has 1 N–H and O–H groups in total. The van der Waals surface area contributed by atoms with Gasteiger partial charge in [-0.25, -0.2) is 4.98 Å². The third-order valence-electron chi connectivity index (χ3n) is 3.86. The Morgan fingerprint density at radius 3 is 3.05 bits per heavy atom. The number of carbonyl (C=O) groups is 1. The Kier molecular flexibility index (Phi) is 4.73. The van der Waals surface area contributed by atoms with Crippen LogP contribution >= 0.6 is 11.3 Å². The number of hydrogen-bond donors (Lipinski definition) is 1. The van der Waals surface area contributed by atoms with E-state index in [0.29, 0.717) is 18.0 Å². The molecular weight excluding hydrogens is 296 g/mol. The molecule has 2 aromatic heterocycles. The smallest absolute Gasteiger partial charge is 0.273 e. The molecule has 0 radical (unpaired) electrons. The van der Waals surface area contributed by atoms with Crippen LogP contribution in [0.25, 0.3) is 10.6 Å². The molecular formula is C17H20N2O2S. The zero-order valence-electron chi connectivity index (χ0n) is 12.7. The summed E-state index contributed by atoms with van der Waals surface area (Å²) in [6.45, 7) is 2.68. The minimum Gasteiger partial charge on any atom is -0.442 e. The SMILES string of the molecule is Cc1ccc(-c2ocnc2C(=O)NCCC2=CCCCC2)s1. The Balaban J connectivity index is 1.61. The number of oxazole rings is 1. The van der Waals surface area contributed by atoms with Crippen molar-refractivity contribution in [3.63, 3.8) is 0 Å². The van der Waals surface area contributed by atoms with Gasteiger partial charge in [-0.15, -0.1) is 11.3 Å². The van der Waals surface area contributed by atoms with E-state index < -0.39 is 0 Å². The summed E-state index contributed by atoms with van der Waals surface area (Å²) < 4.78 is 5.41. The van der Waals surface area contributed by atoms with Crippen molar-refractivity contribution in [2.75, 3.05) is 6.54 Å². The Labute approximate surface area is 134 Å². The van der Waals surface area contributed by atoms with Gasteiger partial charge in [0.2, 0.25) is 0 Å². The first-order chi connectivity index (χ1) is 10.7. The molecule has 0 bridgehead atoms. The monoisotopic (exact) mass is 316 g/mol. The largest absolute Gasteiger partial charge is 0.442 e. The number of nitrogens with zero attached hydrogens (tertiary/aromatic N) is 1. The van der Waals surface area contributed by atoms with Crippen molar-refractivity contribution in [2.45, 2.75) is 39.0 Å². The summed E-state index contributed by atoms with van der Waals surface area (Å²) in [5.74, 6) is 0.402. The van der Waals surface area contributed by atoms with Crippen molar-refractivity contribution < 1.29 is 9.21 Å². The van der Waals surface area contributed by atoms with Crippen molar-refractivity contribution in [3.05, 3.63) is 40.7 Å². The molecule has 116 valence electrons. The number of carbonyl (C=O) groups excluding carboxylic acids is 1. The van der Waals surface area contributed by atoms with E-state index in [2.05, 4.69) is 16.4 Å². The van der Waals surface area contributed by atoms with E-state index in [1.165, 1.54) is 42.5 Å². The van der Waals surface area contributed by atoms with E-state index in [4.69, 9.17) is 4.42 Å². The van der Waals surface area contributed by atoms with E-state index in [0.717, 1.165) is 11.3 Å². The third-order valence-corrected chi connectivity index (χ3v) is 4.86. The van der Waals surface area contributed by atoms with Gasteiger partial charge in [0.05, 0.1) is 4.88 Å². The quantitative estimate of drug-likeness (QED) is 0.835. The zero-order valence-corrected chi connectivity index (χ0v) is 13.5. The van der Waals surface area contributed by atoms with Crippen LogP contribution < -0.4 is 5.32 Å². The molecule has 2 aromatic rings. The van der Waals surface area contributed by atoms with Gasteiger partial charge in [-0.3, -0.25) is 4.79 Å². The van der Waals surface area contributed by atoms with Crippen LogP contribution in [0.15, 0.2) is 34.6 Å². The molecule has 22 heavy (non-hydrogen) atoms. The predicted octanol–water partition coefficient (Wildman–Crippen LogP) is 4.33. The van der Waals surface area contributed by atoms with E-state index in [-0.39, 0.29) is 5.91 Å². The molecule has 0 fully saturated rings. The molecule has 1 amide bonds. The van der Waals surface area contributed by atoms with Crippen LogP contribution in [0.1, 0.15) is 47.5 Å². The number of hydrogen-bond acceptors (Lipinski definition) is 4. The predicted molar refractivity (Wildman–Crippen MR) is 88.1 cm³/mol. The van der Waals surface area contributed by atoms with Crippen LogP contribution in [0.3, 0.4) is 0 Å². The third kappa shape index (κ3) is 3.47. The maximum Gasteiger partial charge on any atom is 0.273 e. The summed E-state index contributed by atoms with van der Waals surface area (Å²) >= 11 is 1.60. The molecule has 4 nitrogen and oxygen atoms in total. The second-order valence-corrected chi connectivity index (χ2v) is 6.84. The lowest BCUT2D eigenvalue weighted by molar-refractivity contribution is 0.0950. The lowest BCUT2D eigenvalue weighted by Gasteiger charge is -2.12. The fourth-order valence-corrected chi connectivity index (χ4v) is 3.55. The summed E-state index contributed by atoms with van der Waals surface area (Å²) in [4.78, 5) is 18.5. The first kappa shape index (κ1) is 15.0. The average Bonchev–Trinajstić information content (AvgIpc) is 3.16. The average molecular weight is 316 g/mol. The van der Waals surface area contributed by atoms with Crippen molar-refractivity contribution >= 4 is 17.2 Å². The van der Waals surface area contributed by atoms with Crippen LogP contribution in [-0.2, 0) is 0 Å². The first-order valence-electron chi connectivity index (χ1n) is 7.70. The topological polar surface area (TPSA) is 55.1 Å². The normalized spacial score (nSPS) is 14.7. The van der Waals surface area contributed by atoms with Gasteiger partial charge in [-0.2, -0.15) is 0 Å². The van der Waals surface area contributed by atoms with E-state index in [1.54, 1.807) is 11.3 Å².